The van der Waals surface area contributed by atoms with Gasteiger partial charge in [0.1, 0.15) is 0 Å². The van der Waals surface area contributed by atoms with Crippen LogP contribution in [0.25, 0.3) is 0 Å². The molecule has 1 heterocycles. The van der Waals surface area contributed by atoms with Gasteiger partial charge in [0.25, 0.3) is 0 Å². The summed E-state index contributed by atoms with van der Waals surface area (Å²) < 4.78 is 0. The topological polar surface area (TPSA) is 139 Å². The van der Waals surface area contributed by atoms with Gasteiger partial charge in [0.05, 0.1) is 0 Å². The van der Waals surface area contributed by atoms with Crippen molar-refractivity contribution in [1.82, 2.24) is 9.80 Å². The number of carbonyl (C=O) groups excluding carboxylic acids is 3. The highest BCUT2D eigenvalue weighted by atomic mass is 16.4. The number of nitrogens with zero attached hydrogens (tertiary/aromatic N) is 2. The molecule has 9 nitrogen and oxygen atoms in total. The van der Waals surface area contributed by atoms with Crippen LogP contribution in [0, 0.1) is 0 Å². The number of amides is 2. The molecule has 1 saturated heterocycles. The number of urea groups is 1. The van der Waals surface area contributed by atoms with Gasteiger partial charge in [0.15, 0.2) is 37.5 Å². The summed E-state index contributed by atoms with van der Waals surface area (Å²) in [5.41, 5.74) is 0. The quantitative estimate of drug-likeness (QED) is 0.368. The maximum Gasteiger partial charge on any atom is 0.329 e. The van der Waals surface area contributed by atoms with E-state index in [-0.39, 0.29) is 22.4 Å². The van der Waals surface area contributed by atoms with E-state index in [0.717, 1.165) is 0 Å². The summed E-state index contributed by atoms with van der Waals surface area (Å²) in [5, 5.41) is 36.7. The summed E-state index contributed by atoms with van der Waals surface area (Å²) in [6.45, 7) is 0. The van der Waals surface area contributed by atoms with Crippen LogP contribution in [0.4, 0.5) is 4.79 Å². The molecule has 0 saturated carbocycles. The summed E-state index contributed by atoms with van der Waals surface area (Å²) in [6, 6.07) is -1.24. The van der Waals surface area contributed by atoms with Gasteiger partial charge in [-0.1, -0.05) is 0 Å². The van der Waals surface area contributed by atoms with Gasteiger partial charge < -0.3 is 20.4 Å². The maximum absolute atomic E-state index is 11.4. The van der Waals surface area contributed by atoms with Gasteiger partial charge in [0.2, 0.25) is 0 Å². The van der Waals surface area contributed by atoms with E-state index in [1.807, 2.05) is 0 Å². The van der Waals surface area contributed by atoms with Gasteiger partial charge in [-0.25, -0.2) is 4.79 Å². The molecule has 1 rings (SSSR count). The second-order valence-electron chi connectivity index (χ2n) is 3.02. The summed E-state index contributed by atoms with van der Waals surface area (Å²) in [7, 11) is 0. The molecule has 1 aliphatic rings. The van der Waals surface area contributed by atoms with Crippen LogP contribution in [0.2, 0.25) is 0 Å². The standard InChI is InChI=1S/C7H10N2O7/c10-1-3(12)8-5(14)6(15)9(7(8)16)4(13)2-11/h1-6,12-15H. The zero-order valence-corrected chi connectivity index (χ0v) is 7.87. The highest BCUT2D eigenvalue weighted by molar-refractivity contribution is 5.82. The van der Waals surface area contributed by atoms with Crippen LogP contribution in [0.5, 0.6) is 0 Å². The Morgan fingerprint density at radius 1 is 1.00 bits per heavy atom. The smallest absolute Gasteiger partial charge is 0.329 e. The van der Waals surface area contributed by atoms with Gasteiger partial charge in [-0.05, 0) is 0 Å². The highest BCUT2D eigenvalue weighted by Gasteiger charge is 2.49. The van der Waals surface area contributed by atoms with Crippen molar-refractivity contribution in [2.75, 3.05) is 0 Å². The molecule has 2 amide bonds. The molecular weight excluding hydrogens is 224 g/mol. The number of aliphatic hydroxyl groups is 4. The van der Waals surface area contributed by atoms with E-state index in [2.05, 4.69) is 0 Å². The second kappa shape index (κ2) is 4.53. The lowest BCUT2D eigenvalue weighted by Crippen LogP contribution is -2.45. The number of hydrogen-bond acceptors (Lipinski definition) is 7. The fourth-order valence-electron chi connectivity index (χ4n) is 1.32. The maximum atomic E-state index is 11.4. The van der Waals surface area contributed by atoms with E-state index in [0.29, 0.717) is 0 Å². The van der Waals surface area contributed by atoms with Crippen LogP contribution < -0.4 is 0 Å². The molecule has 0 aromatic rings. The average Bonchev–Trinajstić information content (AvgIpc) is 2.49. The van der Waals surface area contributed by atoms with Crippen molar-refractivity contribution in [1.29, 1.82) is 0 Å². The molecule has 0 aromatic heterocycles. The van der Waals surface area contributed by atoms with Gasteiger partial charge in [-0.3, -0.25) is 19.4 Å². The van der Waals surface area contributed by atoms with Crippen LogP contribution in [-0.4, -0.2) is 73.7 Å². The van der Waals surface area contributed by atoms with Crippen molar-refractivity contribution in [3.05, 3.63) is 0 Å². The summed E-state index contributed by atoms with van der Waals surface area (Å²) in [6.07, 6.45) is -7.87. The fraction of sp³-hybridized carbons (Fsp3) is 0.571. The largest absolute Gasteiger partial charge is 0.369 e. The molecule has 4 atom stereocenters. The lowest BCUT2D eigenvalue weighted by atomic mass is 10.4. The molecule has 4 N–H and O–H groups in total. The minimum Gasteiger partial charge on any atom is -0.369 e. The first-order valence-electron chi connectivity index (χ1n) is 4.19. The van der Waals surface area contributed by atoms with Crippen LogP contribution in [0.1, 0.15) is 0 Å². The molecule has 0 aliphatic carbocycles. The Bertz CT molecular complexity index is 281. The van der Waals surface area contributed by atoms with Crippen LogP contribution in [0.15, 0.2) is 0 Å². The van der Waals surface area contributed by atoms with Crippen molar-refractivity contribution >= 4 is 18.6 Å². The normalized spacial score (nSPS) is 29.1. The predicted molar refractivity (Wildman–Crippen MR) is 45.2 cm³/mol. The van der Waals surface area contributed by atoms with E-state index in [1.54, 1.807) is 0 Å². The molecule has 9 heteroatoms. The van der Waals surface area contributed by atoms with E-state index in [4.69, 9.17) is 10.2 Å². The molecule has 0 bridgehead atoms. The summed E-state index contributed by atoms with van der Waals surface area (Å²) in [4.78, 5) is 32.4. The Morgan fingerprint density at radius 2 is 1.31 bits per heavy atom. The van der Waals surface area contributed by atoms with Crippen LogP contribution >= 0.6 is 0 Å². The lowest BCUT2D eigenvalue weighted by molar-refractivity contribution is -0.145. The number of aliphatic hydroxyl groups excluding tert-OH is 4. The van der Waals surface area contributed by atoms with Crippen LogP contribution in [0.3, 0.4) is 0 Å². The third-order valence-corrected chi connectivity index (χ3v) is 2.09. The zero-order chi connectivity index (χ0) is 12.5. The SMILES string of the molecule is O=CC(O)N1C(=O)N(C(O)C=O)C(O)C1O. The van der Waals surface area contributed by atoms with E-state index in [9.17, 15) is 24.6 Å². The van der Waals surface area contributed by atoms with Crippen molar-refractivity contribution in [2.45, 2.75) is 24.9 Å². The molecule has 90 valence electrons. The zero-order valence-electron chi connectivity index (χ0n) is 7.87. The molecule has 1 aliphatic heterocycles. The first-order valence-corrected chi connectivity index (χ1v) is 4.19. The Kier molecular flexibility index (Phi) is 3.55. The number of aldehydes is 2. The number of carbonyl (C=O) groups is 3. The fourth-order valence-corrected chi connectivity index (χ4v) is 1.32. The van der Waals surface area contributed by atoms with Crippen molar-refractivity contribution in [3.63, 3.8) is 0 Å². The molecule has 4 unspecified atom stereocenters. The molecule has 0 aromatic carbocycles. The highest BCUT2D eigenvalue weighted by Crippen LogP contribution is 2.22. The van der Waals surface area contributed by atoms with Gasteiger partial charge in [0, 0.05) is 0 Å². The first-order chi connectivity index (χ1) is 7.45. The first kappa shape index (κ1) is 12.5. The minimum atomic E-state index is -1.97. The van der Waals surface area contributed by atoms with Gasteiger partial charge in [-0.15, -0.1) is 0 Å². The molecule has 0 radical (unpaired) electrons. The second-order valence-corrected chi connectivity index (χ2v) is 3.02. The monoisotopic (exact) mass is 234 g/mol. The molecule has 0 spiro atoms. The predicted octanol–water partition coefficient (Wildman–Crippen LogP) is -3.60. The summed E-state index contributed by atoms with van der Waals surface area (Å²) >= 11 is 0. The van der Waals surface area contributed by atoms with Crippen LogP contribution in [-0.2, 0) is 9.59 Å². The van der Waals surface area contributed by atoms with E-state index < -0.39 is 30.9 Å². The molecule has 1 fully saturated rings. The Labute approximate surface area is 89.1 Å². The minimum absolute atomic E-state index is 0.0510. The van der Waals surface area contributed by atoms with Gasteiger partial charge >= 0.3 is 6.03 Å². The number of hydrogen-bond donors (Lipinski definition) is 4. The lowest BCUT2D eigenvalue weighted by Gasteiger charge is -2.21. The third kappa shape index (κ3) is 1.76. The van der Waals surface area contributed by atoms with E-state index in [1.165, 1.54) is 0 Å². The van der Waals surface area contributed by atoms with Crippen molar-refractivity contribution in [3.8, 4) is 0 Å². The Hall–Kier alpha value is -1.55. The van der Waals surface area contributed by atoms with E-state index >= 15 is 0 Å². The average molecular weight is 234 g/mol. The Balaban J connectivity index is 2.98. The van der Waals surface area contributed by atoms with Gasteiger partial charge in [-0.2, -0.15) is 0 Å². The summed E-state index contributed by atoms with van der Waals surface area (Å²) in [5.74, 6) is 0. The molecule has 16 heavy (non-hydrogen) atoms. The third-order valence-electron chi connectivity index (χ3n) is 2.09. The number of rotatable bonds is 4. The van der Waals surface area contributed by atoms with Crippen molar-refractivity contribution in [2.24, 2.45) is 0 Å². The molecular formula is C7H10N2O7. The van der Waals surface area contributed by atoms with Crippen molar-refractivity contribution < 1.29 is 34.8 Å². The Morgan fingerprint density at radius 3 is 1.56 bits per heavy atom.